The number of benzene rings is 1. The van der Waals surface area contributed by atoms with Crippen molar-refractivity contribution in [1.29, 1.82) is 0 Å². The molecule has 3 rings (SSSR count). The summed E-state index contributed by atoms with van der Waals surface area (Å²) in [6.45, 7) is 3.56. The second-order valence-corrected chi connectivity index (χ2v) is 5.29. The van der Waals surface area contributed by atoms with Gasteiger partial charge < -0.3 is 0 Å². The van der Waals surface area contributed by atoms with Crippen LogP contribution in [0.2, 0.25) is 0 Å². The van der Waals surface area contributed by atoms with Gasteiger partial charge in [-0.3, -0.25) is 4.90 Å². The number of aromatic nitrogens is 1. The van der Waals surface area contributed by atoms with Crippen molar-refractivity contribution in [1.82, 2.24) is 9.88 Å². The lowest BCUT2D eigenvalue weighted by Gasteiger charge is -2.14. The molecule has 0 unspecified atom stereocenters. The fourth-order valence-electron chi connectivity index (χ4n) is 2.33. The molecule has 2 aromatic rings. The fourth-order valence-corrected chi connectivity index (χ4v) is 2.90. The van der Waals surface area contributed by atoms with Crippen LogP contribution in [0.1, 0.15) is 18.4 Å². The molecule has 1 radical (unpaired) electrons. The van der Waals surface area contributed by atoms with Crippen molar-refractivity contribution < 1.29 is 0 Å². The Balaban J connectivity index is 1.79. The van der Waals surface area contributed by atoms with Crippen LogP contribution in [0.15, 0.2) is 30.5 Å². The highest BCUT2D eigenvalue weighted by atomic mass is 32.1. The van der Waals surface area contributed by atoms with Crippen LogP contribution in [0.5, 0.6) is 0 Å². The zero-order valence-electron chi connectivity index (χ0n) is 9.72. The van der Waals surface area contributed by atoms with Crippen molar-refractivity contribution in [3.05, 3.63) is 41.4 Å². The number of nitrogens with zero attached hydrogens (tertiary/aromatic N) is 2. The third-order valence-corrected chi connectivity index (χ3v) is 3.93. The van der Waals surface area contributed by atoms with Gasteiger partial charge in [-0.2, -0.15) is 0 Å². The summed E-state index contributed by atoms with van der Waals surface area (Å²) in [6.07, 6.45) is 4.44. The number of likely N-dealkylation sites (tertiary alicyclic amines) is 1. The van der Waals surface area contributed by atoms with Crippen LogP contribution < -0.4 is 0 Å². The summed E-state index contributed by atoms with van der Waals surface area (Å²) in [4.78, 5) is 6.83. The lowest BCUT2D eigenvalue weighted by Crippen LogP contribution is -2.18. The summed E-state index contributed by atoms with van der Waals surface area (Å²) < 4.78 is 0. The van der Waals surface area contributed by atoms with Gasteiger partial charge in [0.05, 0.1) is 5.38 Å². The molecule has 0 saturated carbocycles. The molecule has 1 aromatic carbocycles. The first-order chi connectivity index (χ1) is 8.42. The maximum atomic E-state index is 4.31. The third kappa shape index (κ3) is 2.56. The lowest BCUT2D eigenvalue weighted by atomic mass is 10.1. The quantitative estimate of drug-likeness (QED) is 0.823. The van der Waals surface area contributed by atoms with Crippen LogP contribution in [0.4, 0.5) is 0 Å². The molecule has 1 aliphatic heterocycles. The fraction of sp³-hybridized carbons (Fsp3) is 0.357. The largest absolute Gasteiger partial charge is 0.299 e. The van der Waals surface area contributed by atoms with Crippen LogP contribution >= 0.6 is 11.3 Å². The molecule has 1 saturated heterocycles. The maximum absolute atomic E-state index is 4.31. The summed E-state index contributed by atoms with van der Waals surface area (Å²) >= 11 is 1.58. The highest BCUT2D eigenvalue weighted by molar-refractivity contribution is 7.12. The van der Waals surface area contributed by atoms with Crippen LogP contribution in [-0.2, 0) is 6.54 Å². The molecule has 87 valence electrons. The Morgan fingerprint density at radius 3 is 2.94 bits per heavy atom. The van der Waals surface area contributed by atoms with Crippen molar-refractivity contribution in [3.8, 4) is 10.6 Å². The number of hydrogen-bond donors (Lipinski definition) is 0. The lowest BCUT2D eigenvalue weighted by molar-refractivity contribution is 0.331. The van der Waals surface area contributed by atoms with Crippen LogP contribution in [0.25, 0.3) is 10.6 Å². The summed E-state index contributed by atoms with van der Waals surface area (Å²) in [6, 6.07) is 8.71. The van der Waals surface area contributed by atoms with Gasteiger partial charge in [0.2, 0.25) is 0 Å². The minimum Gasteiger partial charge on any atom is -0.299 e. The molecule has 2 heterocycles. The number of rotatable bonds is 3. The van der Waals surface area contributed by atoms with E-state index in [9.17, 15) is 0 Å². The highest BCUT2D eigenvalue weighted by Gasteiger charge is 2.12. The van der Waals surface area contributed by atoms with Gasteiger partial charge in [0, 0.05) is 18.3 Å². The smallest absolute Gasteiger partial charge is 0.123 e. The molecule has 0 spiro atoms. The van der Waals surface area contributed by atoms with Crippen LogP contribution in [0.3, 0.4) is 0 Å². The van der Waals surface area contributed by atoms with E-state index < -0.39 is 0 Å². The zero-order chi connectivity index (χ0) is 11.5. The predicted molar refractivity (Wildman–Crippen MR) is 70.9 cm³/mol. The van der Waals surface area contributed by atoms with E-state index in [1.165, 1.54) is 37.1 Å². The Morgan fingerprint density at radius 2 is 2.18 bits per heavy atom. The Labute approximate surface area is 106 Å². The first-order valence-corrected chi connectivity index (χ1v) is 6.87. The Bertz CT molecular complexity index is 473. The van der Waals surface area contributed by atoms with Crippen LogP contribution in [0, 0.1) is 5.38 Å². The average Bonchev–Trinajstić information content (AvgIpc) is 3.01. The molecule has 17 heavy (non-hydrogen) atoms. The second kappa shape index (κ2) is 4.98. The van der Waals surface area contributed by atoms with Crippen molar-refractivity contribution in [3.63, 3.8) is 0 Å². The third-order valence-electron chi connectivity index (χ3n) is 3.17. The predicted octanol–water partition coefficient (Wildman–Crippen LogP) is 3.21. The van der Waals surface area contributed by atoms with Gasteiger partial charge in [-0.15, -0.1) is 11.3 Å². The average molecular weight is 243 g/mol. The van der Waals surface area contributed by atoms with Crippen LogP contribution in [-0.4, -0.2) is 23.0 Å². The van der Waals surface area contributed by atoms with E-state index in [2.05, 4.69) is 39.5 Å². The van der Waals surface area contributed by atoms with E-state index in [-0.39, 0.29) is 0 Å². The van der Waals surface area contributed by atoms with E-state index in [1.807, 2.05) is 0 Å². The monoisotopic (exact) mass is 243 g/mol. The molecule has 0 atom stereocenters. The standard InChI is InChI=1S/C14H15N2S/c1-2-8-16(7-1)11-12-4-3-5-13(10-12)14-15-6-9-17-14/h3-6,10H,1-2,7-8,11H2. The highest BCUT2D eigenvalue weighted by Crippen LogP contribution is 2.23. The van der Waals surface area contributed by atoms with E-state index in [0.29, 0.717) is 0 Å². The maximum Gasteiger partial charge on any atom is 0.123 e. The van der Waals surface area contributed by atoms with Crippen molar-refractivity contribution in [2.45, 2.75) is 19.4 Å². The first kappa shape index (κ1) is 10.9. The van der Waals surface area contributed by atoms with E-state index in [1.54, 1.807) is 17.5 Å². The molecule has 0 bridgehead atoms. The molecule has 0 N–H and O–H groups in total. The topological polar surface area (TPSA) is 16.1 Å². The minimum atomic E-state index is 1.06. The van der Waals surface area contributed by atoms with E-state index in [0.717, 1.165) is 11.6 Å². The van der Waals surface area contributed by atoms with Gasteiger partial charge in [0.15, 0.2) is 0 Å². The van der Waals surface area contributed by atoms with Gasteiger partial charge in [-0.25, -0.2) is 4.98 Å². The summed E-state index contributed by atoms with van der Waals surface area (Å²) in [5, 5.41) is 4.10. The molecule has 1 fully saturated rings. The minimum absolute atomic E-state index is 1.06. The zero-order valence-corrected chi connectivity index (χ0v) is 10.5. The van der Waals surface area contributed by atoms with E-state index in [4.69, 9.17) is 0 Å². The summed E-state index contributed by atoms with van der Waals surface area (Å²) in [7, 11) is 0. The SMILES string of the molecule is [c]1cnc(-c2cccc(CN3CCCC3)c2)s1. The summed E-state index contributed by atoms with van der Waals surface area (Å²) in [5.41, 5.74) is 2.60. The van der Waals surface area contributed by atoms with Gasteiger partial charge in [0.25, 0.3) is 0 Å². The first-order valence-electron chi connectivity index (χ1n) is 6.05. The molecule has 2 nitrogen and oxygen atoms in total. The normalized spacial score (nSPS) is 16.5. The molecule has 0 aliphatic carbocycles. The van der Waals surface area contributed by atoms with Gasteiger partial charge >= 0.3 is 0 Å². The second-order valence-electron chi connectivity index (χ2n) is 4.47. The van der Waals surface area contributed by atoms with Gasteiger partial charge in [0.1, 0.15) is 5.01 Å². The molecule has 1 aromatic heterocycles. The summed E-state index contributed by atoms with van der Waals surface area (Å²) in [5.74, 6) is 0. The molecule has 0 amide bonds. The van der Waals surface area contributed by atoms with Crippen molar-refractivity contribution in [2.75, 3.05) is 13.1 Å². The molecular weight excluding hydrogens is 228 g/mol. The molecule has 3 heteroatoms. The molecular formula is C14H15N2S. The number of thiazole rings is 1. The van der Waals surface area contributed by atoms with E-state index >= 15 is 0 Å². The molecule has 1 aliphatic rings. The van der Waals surface area contributed by atoms with Crippen molar-refractivity contribution in [2.24, 2.45) is 0 Å². The Hall–Kier alpha value is -1.19. The van der Waals surface area contributed by atoms with Gasteiger partial charge in [-0.05, 0) is 37.6 Å². The van der Waals surface area contributed by atoms with Crippen molar-refractivity contribution >= 4 is 11.3 Å². The van der Waals surface area contributed by atoms with Gasteiger partial charge in [-0.1, -0.05) is 18.2 Å². The Morgan fingerprint density at radius 1 is 1.29 bits per heavy atom. The Kier molecular flexibility index (Phi) is 3.20. The number of hydrogen-bond acceptors (Lipinski definition) is 3.